The van der Waals surface area contributed by atoms with Crippen molar-refractivity contribution in [2.24, 2.45) is 0 Å². The fourth-order valence-electron chi connectivity index (χ4n) is 4.55. The molecule has 1 N–H and O–H groups in total. The van der Waals surface area contributed by atoms with E-state index in [9.17, 15) is 9.90 Å². The molecule has 3 aromatic rings. The van der Waals surface area contributed by atoms with Gasteiger partial charge in [-0.3, -0.25) is 4.98 Å². The van der Waals surface area contributed by atoms with E-state index in [1.807, 2.05) is 6.07 Å². The smallest absolute Gasteiger partial charge is 0.336 e. The van der Waals surface area contributed by atoms with Crippen LogP contribution in [0.5, 0.6) is 0 Å². The quantitative estimate of drug-likeness (QED) is 0.571. The molecule has 0 unspecified atom stereocenters. The molecule has 4 rings (SSSR count). The van der Waals surface area contributed by atoms with Crippen LogP contribution in [-0.2, 0) is 19.4 Å². The molecule has 0 bridgehead atoms. The Morgan fingerprint density at radius 2 is 2.00 bits per heavy atom. The van der Waals surface area contributed by atoms with Crippen LogP contribution >= 0.6 is 0 Å². The summed E-state index contributed by atoms with van der Waals surface area (Å²) in [6.07, 6.45) is 8.42. The van der Waals surface area contributed by atoms with Crippen LogP contribution in [0.25, 0.3) is 0 Å². The van der Waals surface area contributed by atoms with Gasteiger partial charge < -0.3 is 10.0 Å². The van der Waals surface area contributed by atoms with Crippen molar-refractivity contribution < 1.29 is 9.90 Å². The molecule has 1 aliphatic carbocycles. The van der Waals surface area contributed by atoms with Gasteiger partial charge in [-0.25, -0.2) is 4.79 Å². The van der Waals surface area contributed by atoms with E-state index in [0.29, 0.717) is 11.5 Å². The molecule has 0 saturated heterocycles. The Hall–Kier alpha value is -3.14. The molecule has 4 nitrogen and oxygen atoms in total. The maximum Gasteiger partial charge on any atom is 0.336 e. The fraction of sp³-hybridized carbons (Fsp3) is 0.308. The number of hydrogen-bond acceptors (Lipinski definition) is 3. The van der Waals surface area contributed by atoms with E-state index in [0.717, 1.165) is 37.8 Å². The third-order valence-electron chi connectivity index (χ3n) is 6.16. The van der Waals surface area contributed by atoms with Crippen molar-refractivity contribution in [3.63, 3.8) is 0 Å². The molecule has 0 amide bonds. The van der Waals surface area contributed by atoms with Crippen molar-refractivity contribution in [3.8, 4) is 0 Å². The fourth-order valence-corrected chi connectivity index (χ4v) is 4.55. The lowest BCUT2D eigenvalue weighted by Crippen LogP contribution is -2.18. The molecule has 0 spiro atoms. The second kappa shape index (κ2) is 9.12. The number of anilines is 1. The third-order valence-corrected chi connectivity index (χ3v) is 6.16. The van der Waals surface area contributed by atoms with E-state index < -0.39 is 5.97 Å². The maximum atomic E-state index is 11.5. The highest BCUT2D eigenvalue weighted by molar-refractivity contribution is 5.89. The zero-order valence-electron chi connectivity index (χ0n) is 17.4. The van der Waals surface area contributed by atoms with Crippen LogP contribution in [0.2, 0.25) is 0 Å². The lowest BCUT2D eigenvalue weighted by molar-refractivity contribution is 0.0695. The first kappa shape index (κ1) is 20.1. The number of nitrogens with zero attached hydrogens (tertiary/aromatic N) is 2. The molecule has 30 heavy (non-hydrogen) atoms. The molecule has 0 fully saturated rings. The standard InChI is InChI=1S/C26H28N2O2/c1-28(18-19-6-3-2-4-7-19)23-12-13-24-20(8-5-9-21(24)16-23)10-11-22-17-27-15-14-25(22)26(29)30/h2-4,6-7,12-17,20H,5,8-11,18H2,1H3,(H,29,30)/t20-/m0/s1. The normalized spacial score (nSPS) is 15.4. The predicted octanol–water partition coefficient (Wildman–Crippen LogP) is 5.47. The summed E-state index contributed by atoms with van der Waals surface area (Å²) in [6, 6.07) is 19.0. The molecule has 154 valence electrons. The van der Waals surface area contributed by atoms with Crippen LogP contribution in [0.3, 0.4) is 0 Å². The Labute approximate surface area is 178 Å². The van der Waals surface area contributed by atoms with Gasteiger partial charge >= 0.3 is 5.97 Å². The van der Waals surface area contributed by atoms with Crippen LogP contribution in [0, 0.1) is 0 Å². The Morgan fingerprint density at radius 3 is 2.80 bits per heavy atom. The topological polar surface area (TPSA) is 53.4 Å². The summed E-state index contributed by atoms with van der Waals surface area (Å²) in [5.41, 5.74) is 6.63. The van der Waals surface area contributed by atoms with Gasteiger partial charge in [0.15, 0.2) is 0 Å². The first-order valence-electron chi connectivity index (χ1n) is 10.7. The summed E-state index contributed by atoms with van der Waals surface area (Å²) in [6.45, 7) is 0.891. The number of aryl methyl sites for hydroxylation is 2. The third kappa shape index (κ3) is 4.54. The summed E-state index contributed by atoms with van der Waals surface area (Å²) in [5, 5.41) is 9.42. The van der Waals surface area contributed by atoms with Crippen molar-refractivity contribution in [3.05, 3.63) is 94.8 Å². The van der Waals surface area contributed by atoms with Gasteiger partial charge in [0.25, 0.3) is 0 Å². The van der Waals surface area contributed by atoms with Gasteiger partial charge in [0.05, 0.1) is 5.56 Å². The van der Waals surface area contributed by atoms with Crippen molar-refractivity contribution >= 4 is 11.7 Å². The van der Waals surface area contributed by atoms with Gasteiger partial charge in [-0.2, -0.15) is 0 Å². The van der Waals surface area contributed by atoms with Gasteiger partial charge in [0.1, 0.15) is 0 Å². The zero-order valence-corrected chi connectivity index (χ0v) is 17.4. The minimum Gasteiger partial charge on any atom is -0.478 e. The number of carbonyl (C=O) groups is 1. The van der Waals surface area contributed by atoms with Gasteiger partial charge in [-0.15, -0.1) is 0 Å². The van der Waals surface area contributed by atoms with Crippen LogP contribution in [-0.4, -0.2) is 23.1 Å². The summed E-state index contributed by atoms with van der Waals surface area (Å²) >= 11 is 0. The Bertz CT molecular complexity index is 1020. The molecule has 1 heterocycles. The molecule has 0 saturated carbocycles. The maximum absolute atomic E-state index is 11.5. The van der Waals surface area contributed by atoms with Gasteiger partial charge in [0.2, 0.25) is 0 Å². The number of carboxylic acid groups (broad SMARTS) is 1. The second-order valence-electron chi connectivity index (χ2n) is 8.19. The number of carboxylic acids is 1. The lowest BCUT2D eigenvalue weighted by atomic mass is 9.79. The number of rotatable bonds is 7. The van der Waals surface area contributed by atoms with E-state index in [4.69, 9.17) is 0 Å². The van der Waals surface area contributed by atoms with Crippen molar-refractivity contribution in [1.82, 2.24) is 4.98 Å². The number of hydrogen-bond donors (Lipinski definition) is 1. The second-order valence-corrected chi connectivity index (χ2v) is 8.19. The summed E-state index contributed by atoms with van der Waals surface area (Å²) < 4.78 is 0. The van der Waals surface area contributed by atoms with E-state index in [2.05, 4.69) is 59.4 Å². The number of aromatic carboxylic acids is 1. The molecule has 0 aliphatic heterocycles. The number of pyridine rings is 1. The molecular formula is C26H28N2O2. The van der Waals surface area contributed by atoms with E-state index in [-0.39, 0.29) is 0 Å². The number of aromatic nitrogens is 1. The molecule has 1 aromatic heterocycles. The number of benzene rings is 2. The van der Waals surface area contributed by atoms with Crippen LogP contribution in [0.4, 0.5) is 5.69 Å². The minimum absolute atomic E-state index is 0.374. The zero-order chi connectivity index (χ0) is 20.9. The Morgan fingerprint density at radius 1 is 1.17 bits per heavy atom. The Kier molecular flexibility index (Phi) is 6.12. The van der Waals surface area contributed by atoms with Gasteiger partial charge in [-0.1, -0.05) is 36.4 Å². The van der Waals surface area contributed by atoms with Crippen molar-refractivity contribution in [2.45, 2.75) is 44.6 Å². The summed E-state index contributed by atoms with van der Waals surface area (Å²) in [4.78, 5) is 17.9. The molecule has 2 aromatic carbocycles. The van der Waals surface area contributed by atoms with Crippen LogP contribution in [0.15, 0.2) is 67.0 Å². The molecule has 1 aliphatic rings. The van der Waals surface area contributed by atoms with E-state index in [1.165, 1.54) is 28.8 Å². The van der Waals surface area contributed by atoms with Gasteiger partial charge in [0, 0.05) is 31.7 Å². The van der Waals surface area contributed by atoms with Crippen molar-refractivity contribution in [1.29, 1.82) is 0 Å². The monoisotopic (exact) mass is 400 g/mol. The van der Waals surface area contributed by atoms with E-state index in [1.54, 1.807) is 18.5 Å². The van der Waals surface area contributed by atoms with E-state index >= 15 is 0 Å². The molecule has 0 radical (unpaired) electrons. The predicted molar refractivity (Wildman–Crippen MR) is 120 cm³/mol. The lowest BCUT2D eigenvalue weighted by Gasteiger charge is -2.28. The Balaban J connectivity index is 1.47. The largest absolute Gasteiger partial charge is 0.478 e. The highest BCUT2D eigenvalue weighted by atomic mass is 16.4. The molecule has 4 heteroatoms. The molecule has 1 atom stereocenters. The van der Waals surface area contributed by atoms with Crippen molar-refractivity contribution in [2.75, 3.05) is 11.9 Å². The van der Waals surface area contributed by atoms with Crippen LogP contribution in [0.1, 0.15) is 57.8 Å². The van der Waals surface area contributed by atoms with Crippen LogP contribution < -0.4 is 4.90 Å². The first-order chi connectivity index (χ1) is 14.6. The highest BCUT2D eigenvalue weighted by Gasteiger charge is 2.22. The number of fused-ring (bicyclic) bond motifs is 1. The summed E-state index contributed by atoms with van der Waals surface area (Å²) in [7, 11) is 2.14. The average Bonchev–Trinajstić information content (AvgIpc) is 2.78. The average molecular weight is 401 g/mol. The first-order valence-corrected chi connectivity index (χ1v) is 10.7. The summed E-state index contributed by atoms with van der Waals surface area (Å²) in [5.74, 6) is -0.397. The SMILES string of the molecule is CN(Cc1ccccc1)c1ccc2c(c1)CCC[C@H]2CCc1cnccc1C(=O)O. The molecular weight excluding hydrogens is 372 g/mol. The highest BCUT2D eigenvalue weighted by Crippen LogP contribution is 2.37. The van der Waals surface area contributed by atoms with Gasteiger partial charge in [-0.05, 0) is 78.5 Å². The minimum atomic E-state index is -0.873.